The van der Waals surface area contributed by atoms with Crippen molar-refractivity contribution < 1.29 is 4.79 Å². The van der Waals surface area contributed by atoms with Crippen molar-refractivity contribution >= 4 is 22.9 Å². The molecule has 0 radical (unpaired) electrons. The number of allylic oxidation sites excluding steroid dienone is 4. The Morgan fingerprint density at radius 1 is 1.25 bits per heavy atom. The minimum Gasteiger partial charge on any atom is -0.294 e. The van der Waals surface area contributed by atoms with Crippen LogP contribution >= 0.6 is 0 Å². The van der Waals surface area contributed by atoms with Gasteiger partial charge < -0.3 is 0 Å². The van der Waals surface area contributed by atoms with Crippen LogP contribution in [0.25, 0.3) is 11.1 Å². The molecule has 1 saturated carbocycles. The van der Waals surface area contributed by atoms with Crippen molar-refractivity contribution in [1.82, 2.24) is 20.3 Å². The van der Waals surface area contributed by atoms with Crippen LogP contribution < -0.4 is 0 Å². The quantitative estimate of drug-likeness (QED) is 0.547. The fourth-order valence-electron chi connectivity index (χ4n) is 4.64. The summed E-state index contributed by atoms with van der Waals surface area (Å²) in [7, 11) is 0. The first-order valence-corrected chi connectivity index (χ1v) is 11.5. The highest BCUT2D eigenvalue weighted by Gasteiger charge is 2.49. The van der Waals surface area contributed by atoms with E-state index < -0.39 is 5.54 Å². The summed E-state index contributed by atoms with van der Waals surface area (Å²) in [4.78, 5) is 20.3. The molecule has 1 amide bonds. The fraction of sp³-hybridized carbons (Fsp3) is 0.385. The van der Waals surface area contributed by atoms with Gasteiger partial charge in [-0.3, -0.25) is 14.7 Å². The zero-order valence-corrected chi connectivity index (χ0v) is 18.8. The van der Waals surface area contributed by atoms with E-state index in [4.69, 9.17) is 4.99 Å². The smallest absolute Gasteiger partial charge is 0.256 e. The molecule has 0 bridgehead atoms. The molecule has 6 nitrogen and oxygen atoms in total. The molecule has 0 saturated heterocycles. The number of carbonyl (C=O) groups excluding carboxylic acids is 1. The summed E-state index contributed by atoms with van der Waals surface area (Å²) in [6.45, 7) is 10.8. The Bertz CT molecular complexity index is 1040. The van der Waals surface area contributed by atoms with Crippen molar-refractivity contribution in [2.24, 2.45) is 4.99 Å². The van der Waals surface area contributed by atoms with Crippen LogP contribution in [0, 0.1) is 0 Å². The van der Waals surface area contributed by atoms with Crippen LogP contribution in [0.1, 0.15) is 68.7 Å². The Kier molecular flexibility index (Phi) is 6.49. The van der Waals surface area contributed by atoms with Gasteiger partial charge in [-0.05, 0) is 36.0 Å². The second-order valence-corrected chi connectivity index (χ2v) is 8.61. The number of amidine groups is 1. The van der Waals surface area contributed by atoms with Crippen molar-refractivity contribution in [2.45, 2.75) is 64.0 Å². The van der Waals surface area contributed by atoms with Gasteiger partial charge in [0.15, 0.2) is 0 Å². The lowest BCUT2D eigenvalue weighted by atomic mass is 9.95. The van der Waals surface area contributed by atoms with Crippen LogP contribution in [-0.2, 0) is 11.3 Å². The van der Waals surface area contributed by atoms with Crippen LogP contribution in [0.3, 0.4) is 0 Å². The standard InChI is InChI=1S/C26H31N5O/c1-4-6-10-24-28-26(15-7-8-16-26)25(32)31(24)18-20-11-13-21(14-12-20)22(9-5-2)19(3)23-17-27-30-29-23/h5,9,11-14,17H,2-4,6-8,10,15-16,18H2,1H3,(H,27,29,30)/b22-9+. The van der Waals surface area contributed by atoms with E-state index in [1.807, 2.05) is 11.0 Å². The number of carbonyl (C=O) groups is 1. The van der Waals surface area contributed by atoms with Gasteiger partial charge in [0.25, 0.3) is 5.91 Å². The van der Waals surface area contributed by atoms with E-state index >= 15 is 0 Å². The third kappa shape index (κ3) is 4.22. The second kappa shape index (κ2) is 9.47. The van der Waals surface area contributed by atoms with Gasteiger partial charge in [0, 0.05) is 12.0 Å². The minimum atomic E-state index is -0.488. The molecule has 2 aromatic rings. The van der Waals surface area contributed by atoms with Crippen molar-refractivity contribution in [2.75, 3.05) is 0 Å². The molecule has 1 spiro atoms. The molecule has 166 valence electrons. The van der Waals surface area contributed by atoms with Crippen molar-refractivity contribution in [1.29, 1.82) is 0 Å². The number of aromatic amines is 1. The second-order valence-electron chi connectivity index (χ2n) is 8.61. The van der Waals surface area contributed by atoms with Gasteiger partial charge in [-0.15, -0.1) is 0 Å². The number of amides is 1. The first kappa shape index (κ1) is 21.9. The molecule has 2 aliphatic rings. The summed E-state index contributed by atoms with van der Waals surface area (Å²) >= 11 is 0. The molecule has 1 aliphatic carbocycles. The van der Waals surface area contributed by atoms with Crippen LogP contribution in [0.5, 0.6) is 0 Å². The first-order valence-electron chi connectivity index (χ1n) is 11.5. The Balaban J connectivity index is 1.54. The first-order chi connectivity index (χ1) is 15.6. The summed E-state index contributed by atoms with van der Waals surface area (Å²) in [6.07, 6.45) is 12.3. The van der Waals surface area contributed by atoms with E-state index in [2.05, 4.69) is 59.8 Å². The molecule has 6 heteroatoms. The number of benzene rings is 1. The summed E-state index contributed by atoms with van der Waals surface area (Å²) in [6, 6.07) is 8.27. The molecule has 0 unspecified atom stereocenters. The van der Waals surface area contributed by atoms with E-state index in [1.165, 1.54) is 0 Å². The van der Waals surface area contributed by atoms with Gasteiger partial charge in [-0.2, -0.15) is 15.4 Å². The maximum absolute atomic E-state index is 13.4. The molecular weight excluding hydrogens is 398 g/mol. The Hall–Kier alpha value is -3.28. The normalized spacial score (nSPS) is 17.8. The zero-order chi connectivity index (χ0) is 22.6. The number of aromatic nitrogens is 3. The van der Waals surface area contributed by atoms with E-state index in [9.17, 15) is 4.79 Å². The topological polar surface area (TPSA) is 74.2 Å². The van der Waals surface area contributed by atoms with Gasteiger partial charge >= 0.3 is 0 Å². The zero-order valence-electron chi connectivity index (χ0n) is 18.8. The van der Waals surface area contributed by atoms with Gasteiger partial charge in [0.1, 0.15) is 17.1 Å². The van der Waals surface area contributed by atoms with Crippen molar-refractivity contribution in [3.63, 3.8) is 0 Å². The van der Waals surface area contributed by atoms with Gasteiger partial charge in [-0.1, -0.05) is 75.8 Å². The van der Waals surface area contributed by atoms with E-state index in [0.29, 0.717) is 12.2 Å². The summed E-state index contributed by atoms with van der Waals surface area (Å²) in [5, 5.41) is 10.6. The van der Waals surface area contributed by atoms with Gasteiger partial charge in [0.2, 0.25) is 0 Å². The number of H-pyrrole nitrogens is 1. The van der Waals surface area contributed by atoms with E-state index in [0.717, 1.165) is 73.1 Å². The fourth-order valence-corrected chi connectivity index (χ4v) is 4.64. The van der Waals surface area contributed by atoms with E-state index in [-0.39, 0.29) is 5.91 Å². The highest BCUT2D eigenvalue weighted by molar-refractivity contribution is 6.08. The monoisotopic (exact) mass is 429 g/mol. The summed E-state index contributed by atoms with van der Waals surface area (Å²) in [5.74, 6) is 1.16. The predicted molar refractivity (Wildman–Crippen MR) is 129 cm³/mol. The van der Waals surface area contributed by atoms with Gasteiger partial charge in [0.05, 0.1) is 12.7 Å². The third-order valence-corrected chi connectivity index (χ3v) is 6.42. The number of rotatable bonds is 9. The predicted octanol–water partition coefficient (Wildman–Crippen LogP) is 5.33. The van der Waals surface area contributed by atoms with E-state index in [1.54, 1.807) is 12.3 Å². The molecule has 2 heterocycles. The van der Waals surface area contributed by atoms with Crippen molar-refractivity contribution in [3.8, 4) is 0 Å². The van der Waals surface area contributed by atoms with Crippen LogP contribution in [0.4, 0.5) is 0 Å². The number of aliphatic imine (C=N–C) groups is 1. The van der Waals surface area contributed by atoms with Crippen LogP contribution in [0.15, 0.2) is 60.8 Å². The highest BCUT2D eigenvalue weighted by atomic mass is 16.2. The number of hydrogen-bond donors (Lipinski definition) is 1. The molecule has 1 aromatic carbocycles. The molecule has 1 N–H and O–H groups in total. The average Bonchev–Trinajstić information content (AvgIpc) is 3.55. The van der Waals surface area contributed by atoms with Crippen LogP contribution in [0.2, 0.25) is 0 Å². The molecule has 32 heavy (non-hydrogen) atoms. The molecule has 1 aromatic heterocycles. The lowest BCUT2D eigenvalue weighted by Gasteiger charge is -2.23. The summed E-state index contributed by atoms with van der Waals surface area (Å²) in [5.41, 5.74) is 4.03. The molecule has 0 atom stereocenters. The van der Waals surface area contributed by atoms with Crippen LogP contribution in [-0.4, -0.2) is 37.6 Å². The Morgan fingerprint density at radius 2 is 2.00 bits per heavy atom. The molecular formula is C26H31N5O. The average molecular weight is 430 g/mol. The summed E-state index contributed by atoms with van der Waals surface area (Å²) < 4.78 is 0. The van der Waals surface area contributed by atoms with Gasteiger partial charge in [-0.25, -0.2) is 0 Å². The number of hydrogen-bond acceptors (Lipinski definition) is 4. The number of unbranched alkanes of at least 4 members (excludes halogenated alkanes) is 1. The molecule has 1 aliphatic heterocycles. The highest BCUT2D eigenvalue weighted by Crippen LogP contribution is 2.40. The SMILES string of the molecule is C=C/C=C(\C(=C)c1cn[nH]n1)c1ccc(CN2C(=O)C3(CCCC3)N=C2CCCC)cc1. The number of nitrogens with one attached hydrogen (secondary N) is 1. The maximum atomic E-state index is 13.4. The molecule has 1 fully saturated rings. The van der Waals surface area contributed by atoms with Crippen molar-refractivity contribution in [3.05, 3.63) is 72.6 Å². The number of nitrogens with zero attached hydrogens (tertiary/aromatic N) is 4. The lowest BCUT2D eigenvalue weighted by molar-refractivity contribution is -0.131. The Morgan fingerprint density at radius 3 is 2.62 bits per heavy atom. The minimum absolute atomic E-state index is 0.192. The largest absolute Gasteiger partial charge is 0.294 e. The lowest BCUT2D eigenvalue weighted by Crippen LogP contribution is -2.40. The third-order valence-electron chi connectivity index (χ3n) is 6.42. The maximum Gasteiger partial charge on any atom is 0.256 e. The Labute approximate surface area is 189 Å². The molecule has 4 rings (SSSR count).